The van der Waals surface area contributed by atoms with Gasteiger partial charge in [0.1, 0.15) is 12.6 Å². The summed E-state index contributed by atoms with van der Waals surface area (Å²) >= 11 is 0. The van der Waals surface area contributed by atoms with Crippen LogP contribution < -0.4 is 0 Å². The molecule has 0 aliphatic rings. The van der Waals surface area contributed by atoms with Crippen molar-refractivity contribution in [3.05, 3.63) is 0 Å². The lowest BCUT2D eigenvalue weighted by atomic mass is 9.91. The van der Waals surface area contributed by atoms with E-state index < -0.39 is 0 Å². The van der Waals surface area contributed by atoms with E-state index in [0.29, 0.717) is 24.7 Å². The third-order valence-corrected chi connectivity index (χ3v) is 1.91. The molecule has 0 aromatic heterocycles. The van der Waals surface area contributed by atoms with Crippen molar-refractivity contribution in [2.24, 2.45) is 11.8 Å². The third-order valence-electron chi connectivity index (χ3n) is 1.91. The number of hydrogen-bond acceptors (Lipinski definition) is 2. The van der Waals surface area contributed by atoms with Crippen LogP contribution in [0.1, 0.15) is 26.7 Å². The van der Waals surface area contributed by atoms with E-state index in [1.807, 2.05) is 13.8 Å². The van der Waals surface area contributed by atoms with Crippen molar-refractivity contribution < 1.29 is 9.59 Å². The molecule has 2 heteroatoms. The predicted molar refractivity (Wildman–Crippen MR) is 39.7 cm³/mol. The minimum atomic E-state index is 0.336. The molecule has 0 aliphatic heterocycles. The standard InChI is InChI=1S/C8H14O2/c1-7(3-5-9)8(2)4-6-10/h5-8H,3-4H2,1-2H3. The normalized spacial score (nSPS) is 15.8. The maximum Gasteiger partial charge on any atom is 0.120 e. The minimum Gasteiger partial charge on any atom is -0.303 e. The van der Waals surface area contributed by atoms with Crippen LogP contribution >= 0.6 is 0 Å². The molecule has 0 fully saturated rings. The van der Waals surface area contributed by atoms with Crippen LogP contribution in [0.3, 0.4) is 0 Å². The van der Waals surface area contributed by atoms with Gasteiger partial charge in [-0.1, -0.05) is 13.8 Å². The molecule has 0 aromatic rings. The zero-order valence-corrected chi connectivity index (χ0v) is 6.54. The van der Waals surface area contributed by atoms with Gasteiger partial charge in [-0.3, -0.25) is 0 Å². The monoisotopic (exact) mass is 142 g/mol. The molecule has 0 amide bonds. The number of carbonyl (C=O) groups excluding carboxylic acids is 2. The molecule has 0 saturated heterocycles. The van der Waals surface area contributed by atoms with Crippen LogP contribution in [-0.2, 0) is 9.59 Å². The van der Waals surface area contributed by atoms with E-state index in [4.69, 9.17) is 0 Å². The Balaban J connectivity index is 3.56. The summed E-state index contributed by atoms with van der Waals surface area (Å²) in [6.45, 7) is 3.98. The van der Waals surface area contributed by atoms with Gasteiger partial charge < -0.3 is 9.59 Å². The third kappa shape index (κ3) is 3.38. The minimum absolute atomic E-state index is 0.336. The van der Waals surface area contributed by atoms with E-state index in [1.165, 1.54) is 0 Å². The predicted octanol–water partition coefficient (Wildman–Crippen LogP) is 1.44. The summed E-state index contributed by atoms with van der Waals surface area (Å²) in [5.74, 6) is 0.672. The molecule has 0 saturated carbocycles. The Bertz CT molecular complexity index is 95.8. The van der Waals surface area contributed by atoms with Crippen LogP contribution in [0.15, 0.2) is 0 Å². The quantitative estimate of drug-likeness (QED) is 0.544. The number of aldehydes is 2. The number of carbonyl (C=O) groups is 2. The first-order chi connectivity index (χ1) is 4.72. The largest absolute Gasteiger partial charge is 0.303 e. The molecular weight excluding hydrogens is 128 g/mol. The lowest BCUT2D eigenvalue weighted by Gasteiger charge is -2.13. The van der Waals surface area contributed by atoms with Crippen molar-refractivity contribution in [3.63, 3.8) is 0 Å². The van der Waals surface area contributed by atoms with E-state index in [2.05, 4.69) is 0 Å². The maximum absolute atomic E-state index is 10.0. The van der Waals surface area contributed by atoms with Crippen LogP contribution in [0.25, 0.3) is 0 Å². The topological polar surface area (TPSA) is 34.1 Å². The van der Waals surface area contributed by atoms with E-state index in [0.717, 1.165) is 12.6 Å². The zero-order valence-electron chi connectivity index (χ0n) is 6.54. The van der Waals surface area contributed by atoms with Crippen LogP contribution in [0.5, 0.6) is 0 Å². The molecule has 58 valence electrons. The Labute approximate surface area is 61.6 Å². The molecule has 0 spiro atoms. The van der Waals surface area contributed by atoms with Crippen molar-refractivity contribution in [1.82, 2.24) is 0 Å². The van der Waals surface area contributed by atoms with Gasteiger partial charge in [0, 0.05) is 12.8 Å². The second-order valence-electron chi connectivity index (χ2n) is 2.76. The molecule has 0 bridgehead atoms. The van der Waals surface area contributed by atoms with Crippen LogP contribution in [0, 0.1) is 11.8 Å². The molecule has 0 radical (unpaired) electrons. The zero-order chi connectivity index (χ0) is 7.98. The lowest BCUT2D eigenvalue weighted by Crippen LogP contribution is -2.08. The first-order valence-electron chi connectivity index (χ1n) is 3.59. The molecule has 0 aromatic carbocycles. The first kappa shape index (κ1) is 9.34. The molecule has 2 unspecified atom stereocenters. The summed E-state index contributed by atoms with van der Waals surface area (Å²) in [4.78, 5) is 20.1. The highest BCUT2D eigenvalue weighted by Gasteiger charge is 2.09. The average Bonchev–Trinajstić information content (AvgIpc) is 1.89. The fourth-order valence-electron chi connectivity index (χ4n) is 0.768. The van der Waals surface area contributed by atoms with Crippen molar-refractivity contribution in [3.8, 4) is 0 Å². The van der Waals surface area contributed by atoms with E-state index in [-0.39, 0.29) is 0 Å². The summed E-state index contributed by atoms with van der Waals surface area (Å²) in [5, 5.41) is 0. The van der Waals surface area contributed by atoms with Crippen molar-refractivity contribution in [2.45, 2.75) is 26.7 Å². The van der Waals surface area contributed by atoms with Crippen molar-refractivity contribution in [2.75, 3.05) is 0 Å². The fourth-order valence-corrected chi connectivity index (χ4v) is 0.768. The van der Waals surface area contributed by atoms with Crippen molar-refractivity contribution in [1.29, 1.82) is 0 Å². The van der Waals surface area contributed by atoms with Crippen LogP contribution in [0.2, 0.25) is 0 Å². The van der Waals surface area contributed by atoms with E-state index in [9.17, 15) is 9.59 Å². The first-order valence-corrected chi connectivity index (χ1v) is 3.59. The molecule has 0 aliphatic carbocycles. The smallest absolute Gasteiger partial charge is 0.120 e. The van der Waals surface area contributed by atoms with Crippen molar-refractivity contribution >= 4 is 12.6 Å². The second-order valence-corrected chi connectivity index (χ2v) is 2.76. The Morgan fingerprint density at radius 3 is 1.50 bits per heavy atom. The van der Waals surface area contributed by atoms with Gasteiger partial charge in [-0.15, -0.1) is 0 Å². The number of hydrogen-bond donors (Lipinski definition) is 0. The van der Waals surface area contributed by atoms with Gasteiger partial charge >= 0.3 is 0 Å². The average molecular weight is 142 g/mol. The maximum atomic E-state index is 10.0. The summed E-state index contributed by atoms with van der Waals surface area (Å²) in [6, 6.07) is 0. The highest BCUT2D eigenvalue weighted by atomic mass is 16.1. The molecule has 2 atom stereocenters. The van der Waals surface area contributed by atoms with Crippen LogP contribution in [-0.4, -0.2) is 12.6 Å². The summed E-state index contributed by atoms with van der Waals surface area (Å²) in [5.41, 5.74) is 0. The lowest BCUT2D eigenvalue weighted by molar-refractivity contribution is -0.111. The fraction of sp³-hybridized carbons (Fsp3) is 0.750. The molecule has 0 heterocycles. The second kappa shape index (κ2) is 5.15. The molecule has 0 rings (SSSR count). The Kier molecular flexibility index (Phi) is 4.81. The highest BCUT2D eigenvalue weighted by molar-refractivity contribution is 5.51. The van der Waals surface area contributed by atoms with Gasteiger partial charge in [0.25, 0.3) is 0 Å². The molecular formula is C8H14O2. The Morgan fingerprint density at radius 1 is 1.00 bits per heavy atom. The summed E-state index contributed by atoms with van der Waals surface area (Å²) in [6.07, 6.45) is 2.95. The molecule has 0 N–H and O–H groups in total. The SMILES string of the molecule is CC(CC=O)C(C)CC=O. The Morgan fingerprint density at radius 2 is 1.30 bits per heavy atom. The highest BCUT2D eigenvalue weighted by Crippen LogP contribution is 2.15. The van der Waals surface area contributed by atoms with E-state index >= 15 is 0 Å². The molecule has 10 heavy (non-hydrogen) atoms. The van der Waals surface area contributed by atoms with Gasteiger partial charge in [-0.25, -0.2) is 0 Å². The Hall–Kier alpha value is -0.660. The molecule has 2 nitrogen and oxygen atoms in total. The van der Waals surface area contributed by atoms with Gasteiger partial charge in [0.15, 0.2) is 0 Å². The van der Waals surface area contributed by atoms with Gasteiger partial charge in [0.2, 0.25) is 0 Å². The van der Waals surface area contributed by atoms with Gasteiger partial charge in [-0.05, 0) is 11.8 Å². The summed E-state index contributed by atoms with van der Waals surface area (Å²) in [7, 11) is 0. The van der Waals surface area contributed by atoms with Gasteiger partial charge in [0.05, 0.1) is 0 Å². The number of rotatable bonds is 5. The van der Waals surface area contributed by atoms with Gasteiger partial charge in [-0.2, -0.15) is 0 Å². The summed E-state index contributed by atoms with van der Waals surface area (Å²) < 4.78 is 0. The van der Waals surface area contributed by atoms with Crippen LogP contribution in [0.4, 0.5) is 0 Å². The van der Waals surface area contributed by atoms with E-state index in [1.54, 1.807) is 0 Å².